The lowest BCUT2D eigenvalue weighted by Crippen LogP contribution is -2.48. The predicted molar refractivity (Wildman–Crippen MR) is 184 cm³/mol. The summed E-state index contributed by atoms with van der Waals surface area (Å²) < 4.78 is 34.5. The molecule has 0 aliphatic carbocycles. The van der Waals surface area contributed by atoms with Crippen molar-refractivity contribution in [2.75, 3.05) is 29.9 Å². The maximum absolute atomic E-state index is 13.1. The number of hydrogen-bond donors (Lipinski definition) is 4. The number of carboxylic acids is 1. The topological polar surface area (TPSA) is 215 Å². The Balaban J connectivity index is 1.16. The summed E-state index contributed by atoms with van der Waals surface area (Å²) in [6.07, 6.45) is 0.968. The summed E-state index contributed by atoms with van der Waals surface area (Å²) in [5.41, 5.74) is 1.43. The molecule has 1 saturated heterocycles. The average Bonchev–Trinajstić information content (AvgIpc) is 3.44. The van der Waals surface area contributed by atoms with Crippen molar-refractivity contribution < 1.29 is 37.6 Å². The molecule has 5 rings (SSSR count). The summed E-state index contributed by atoms with van der Waals surface area (Å²) in [6.45, 7) is 6.24. The Labute approximate surface area is 287 Å². The average molecular weight is 708 g/mol. The van der Waals surface area contributed by atoms with Crippen LogP contribution in [-0.2, 0) is 19.6 Å². The lowest BCUT2D eigenvalue weighted by atomic mass is 10.0. The number of carbonyl (C=O) groups excluding carboxylic acids is 2. The molecule has 1 atom stereocenters. The van der Waals surface area contributed by atoms with Crippen LogP contribution in [0, 0.1) is 10.1 Å². The number of nitrogens with zero attached hydrogens (tertiary/aromatic N) is 4. The third kappa shape index (κ3) is 8.53. The van der Waals surface area contributed by atoms with Gasteiger partial charge in [0.25, 0.3) is 11.6 Å². The third-order valence-electron chi connectivity index (χ3n) is 7.88. The molecule has 1 aliphatic heterocycles. The van der Waals surface area contributed by atoms with Crippen molar-refractivity contribution in [1.82, 2.24) is 19.6 Å². The number of aromatic nitrogens is 2. The molecule has 4 aromatic rings. The first-order chi connectivity index (χ1) is 23.6. The van der Waals surface area contributed by atoms with Crippen molar-refractivity contribution in [2.45, 2.75) is 56.2 Å². The molecule has 3 aromatic carbocycles. The van der Waals surface area contributed by atoms with Gasteiger partial charge < -0.3 is 25.4 Å². The largest absolute Gasteiger partial charge is 0.480 e. The van der Waals surface area contributed by atoms with Crippen LogP contribution in [0.5, 0.6) is 0 Å². The van der Waals surface area contributed by atoms with Gasteiger partial charge in [-0.1, -0.05) is 12.1 Å². The number of ether oxygens (including phenoxy) is 1. The number of nitro groups is 1. The standard InChI is InChI=1S/C33H37N7O9S/c1-33(2,3)49-32(44)39-28-7-5-4-6-26(28)36-31(39)35-22-16-18-38(19-17-22)23-10-8-21(9-11-23)29(41)34-20-27(30(42)43)37-50(47,48)25-14-12-24(13-15-25)40(45)46/h4-15,22,27,37H,16-20H2,1-3H3,(H,34,41)(H,35,36)(H,42,43)/t27-/m0/s1. The lowest BCUT2D eigenvalue weighted by Gasteiger charge is -2.34. The van der Waals surface area contributed by atoms with E-state index in [1.165, 1.54) is 4.57 Å². The Morgan fingerprint density at radius 3 is 2.26 bits per heavy atom. The molecule has 1 aromatic heterocycles. The van der Waals surface area contributed by atoms with Crippen LogP contribution in [0.15, 0.2) is 77.7 Å². The maximum Gasteiger partial charge on any atom is 0.421 e. The Bertz CT molecular complexity index is 2000. The van der Waals surface area contributed by atoms with E-state index in [9.17, 15) is 38.0 Å². The molecular formula is C33H37N7O9S. The van der Waals surface area contributed by atoms with E-state index >= 15 is 0 Å². The van der Waals surface area contributed by atoms with Gasteiger partial charge in [-0.3, -0.25) is 19.7 Å². The first-order valence-electron chi connectivity index (χ1n) is 15.7. The van der Waals surface area contributed by atoms with Gasteiger partial charge in [-0.25, -0.2) is 22.8 Å². The first-order valence-corrected chi connectivity index (χ1v) is 17.2. The number of imidazole rings is 1. The minimum Gasteiger partial charge on any atom is -0.480 e. The fraction of sp³-hybridized carbons (Fsp3) is 0.333. The molecule has 50 heavy (non-hydrogen) atoms. The highest BCUT2D eigenvalue weighted by Gasteiger charge is 2.28. The van der Waals surface area contributed by atoms with E-state index in [-0.39, 0.29) is 22.2 Å². The number of nitro benzene ring substituents is 1. The van der Waals surface area contributed by atoms with Crippen LogP contribution >= 0.6 is 0 Å². The molecule has 2 heterocycles. The van der Waals surface area contributed by atoms with Gasteiger partial charge in [0.15, 0.2) is 0 Å². The Morgan fingerprint density at radius 2 is 1.66 bits per heavy atom. The minimum absolute atomic E-state index is 0.0364. The molecule has 4 N–H and O–H groups in total. The molecular weight excluding hydrogens is 670 g/mol. The SMILES string of the molecule is CC(C)(C)OC(=O)n1c(NC2CCN(c3ccc(C(=O)NC[C@H](NS(=O)(=O)c4ccc([N+](=O)[O-])cc4)C(=O)O)cc3)CC2)nc2ccccc21. The van der Waals surface area contributed by atoms with Crippen LogP contribution in [0.2, 0.25) is 0 Å². The number of non-ortho nitro benzene ring substituents is 1. The smallest absolute Gasteiger partial charge is 0.421 e. The zero-order valence-corrected chi connectivity index (χ0v) is 28.3. The van der Waals surface area contributed by atoms with Crippen molar-refractivity contribution in [3.8, 4) is 0 Å². The number of hydrogen-bond acceptors (Lipinski definition) is 11. The van der Waals surface area contributed by atoms with Crippen LogP contribution in [0.25, 0.3) is 11.0 Å². The van der Waals surface area contributed by atoms with Gasteiger partial charge in [0.1, 0.15) is 11.6 Å². The number of rotatable bonds is 11. The number of carbonyl (C=O) groups is 3. The van der Waals surface area contributed by atoms with Gasteiger partial charge in [0.2, 0.25) is 16.0 Å². The van der Waals surface area contributed by atoms with Gasteiger partial charge >= 0.3 is 12.1 Å². The van der Waals surface area contributed by atoms with Gasteiger partial charge in [-0.05, 0) is 82.1 Å². The summed E-state index contributed by atoms with van der Waals surface area (Å²) in [6, 6.07) is 16.4. The fourth-order valence-electron chi connectivity index (χ4n) is 5.38. The highest BCUT2D eigenvalue weighted by atomic mass is 32.2. The number of para-hydroxylation sites is 2. The van der Waals surface area contributed by atoms with Crippen LogP contribution in [0.3, 0.4) is 0 Å². The van der Waals surface area contributed by atoms with Crippen molar-refractivity contribution in [3.05, 3.63) is 88.5 Å². The van der Waals surface area contributed by atoms with E-state index in [1.54, 1.807) is 24.3 Å². The van der Waals surface area contributed by atoms with E-state index in [0.717, 1.165) is 42.8 Å². The number of fused-ring (bicyclic) bond motifs is 1. The number of nitrogens with one attached hydrogen (secondary N) is 3. The first kappa shape index (κ1) is 35.7. The van der Waals surface area contributed by atoms with E-state index in [2.05, 4.69) is 20.5 Å². The summed E-state index contributed by atoms with van der Waals surface area (Å²) in [5, 5.41) is 26.3. The van der Waals surface area contributed by atoms with Crippen LogP contribution in [-0.4, -0.2) is 83.3 Å². The van der Waals surface area contributed by atoms with Crippen molar-refractivity contribution >= 4 is 56.3 Å². The highest BCUT2D eigenvalue weighted by molar-refractivity contribution is 7.89. The number of amides is 1. The number of piperidine rings is 1. The number of aliphatic carboxylic acids is 1. The second kappa shape index (κ2) is 14.5. The molecule has 1 amide bonds. The molecule has 1 fully saturated rings. The third-order valence-corrected chi connectivity index (χ3v) is 9.37. The van der Waals surface area contributed by atoms with Crippen LogP contribution in [0.1, 0.15) is 44.0 Å². The molecule has 0 saturated carbocycles. The van der Waals surface area contributed by atoms with E-state index in [1.807, 2.05) is 49.8 Å². The number of sulfonamides is 1. The van der Waals surface area contributed by atoms with Crippen LogP contribution < -0.4 is 20.3 Å². The molecule has 264 valence electrons. The second-order valence-electron chi connectivity index (χ2n) is 12.7. The molecule has 0 radical (unpaired) electrons. The molecule has 1 aliphatic rings. The fourth-order valence-corrected chi connectivity index (χ4v) is 6.57. The van der Waals surface area contributed by atoms with Crippen molar-refractivity contribution in [3.63, 3.8) is 0 Å². The maximum atomic E-state index is 13.1. The van der Waals surface area contributed by atoms with Crippen molar-refractivity contribution in [2.24, 2.45) is 0 Å². The van der Waals surface area contributed by atoms with Gasteiger partial charge in [-0.2, -0.15) is 4.72 Å². The molecule has 17 heteroatoms. The zero-order valence-electron chi connectivity index (χ0n) is 27.5. The molecule has 0 bridgehead atoms. The highest BCUT2D eigenvalue weighted by Crippen LogP contribution is 2.26. The monoisotopic (exact) mass is 707 g/mol. The lowest BCUT2D eigenvalue weighted by molar-refractivity contribution is -0.384. The summed E-state index contributed by atoms with van der Waals surface area (Å²) in [7, 11) is -4.36. The van der Waals surface area contributed by atoms with Crippen molar-refractivity contribution in [1.29, 1.82) is 0 Å². The Hall–Kier alpha value is -5.55. The quantitative estimate of drug-likeness (QED) is 0.129. The predicted octanol–water partition coefficient (Wildman–Crippen LogP) is 3.97. The van der Waals surface area contributed by atoms with Gasteiger partial charge in [-0.15, -0.1) is 0 Å². The van der Waals surface area contributed by atoms with Gasteiger partial charge in [0, 0.05) is 49.1 Å². The van der Waals surface area contributed by atoms with Gasteiger partial charge in [0.05, 0.1) is 20.9 Å². The Morgan fingerprint density at radius 1 is 1.02 bits per heavy atom. The molecule has 16 nitrogen and oxygen atoms in total. The number of anilines is 2. The minimum atomic E-state index is -4.36. The molecule has 0 spiro atoms. The summed E-state index contributed by atoms with van der Waals surface area (Å²) in [5.74, 6) is -1.71. The molecule has 0 unspecified atom stereocenters. The zero-order chi connectivity index (χ0) is 36.2. The number of carboxylic acid groups (broad SMARTS) is 1. The summed E-state index contributed by atoms with van der Waals surface area (Å²) >= 11 is 0. The van der Waals surface area contributed by atoms with Crippen LogP contribution in [0.4, 0.5) is 22.1 Å². The van der Waals surface area contributed by atoms with E-state index < -0.39 is 51.1 Å². The Kier molecular flexibility index (Phi) is 10.4. The normalized spacial score (nSPS) is 14.6. The second-order valence-corrected chi connectivity index (χ2v) is 14.4. The van der Waals surface area contributed by atoms with E-state index in [0.29, 0.717) is 30.1 Å². The van der Waals surface area contributed by atoms with E-state index in [4.69, 9.17) is 4.74 Å². The number of benzene rings is 3. The summed E-state index contributed by atoms with van der Waals surface area (Å²) in [4.78, 5) is 54.3.